The molecule has 30 heavy (non-hydrogen) atoms. The fraction of sp³-hybridized carbons (Fsp3) is 0.304. The predicted octanol–water partition coefficient (Wildman–Crippen LogP) is 2.22. The molecule has 1 N–H and O–H groups in total. The molecule has 2 aromatic carbocycles. The van der Waals surface area contributed by atoms with Gasteiger partial charge >= 0.3 is 0 Å². The van der Waals surface area contributed by atoms with Crippen LogP contribution in [0, 0.1) is 0 Å². The Labute approximate surface area is 175 Å². The van der Waals surface area contributed by atoms with Gasteiger partial charge < -0.3 is 14.8 Å². The maximum absolute atomic E-state index is 13.3. The lowest BCUT2D eigenvalue weighted by atomic mass is 10.0. The first-order chi connectivity index (χ1) is 14.7. The van der Waals surface area contributed by atoms with Crippen LogP contribution in [0.5, 0.6) is 5.75 Å². The maximum atomic E-state index is 13.3. The molecule has 0 aliphatic carbocycles. The summed E-state index contributed by atoms with van der Waals surface area (Å²) < 4.78 is 10.8. The molecule has 0 bridgehead atoms. The Morgan fingerprint density at radius 2 is 1.63 bits per heavy atom. The van der Waals surface area contributed by atoms with Crippen molar-refractivity contribution in [2.45, 2.75) is 0 Å². The number of hydrogen-bond acceptors (Lipinski definition) is 6. The summed E-state index contributed by atoms with van der Waals surface area (Å²) in [5, 5.41) is 3.17. The van der Waals surface area contributed by atoms with Gasteiger partial charge in [-0.2, -0.15) is 0 Å². The molecule has 2 aliphatic rings. The Balaban J connectivity index is 1.63. The van der Waals surface area contributed by atoms with E-state index < -0.39 is 0 Å². The molecule has 0 atom stereocenters. The molecule has 2 heterocycles. The average Bonchev–Trinajstić information content (AvgIpc) is 3.03. The number of carbonyl (C=O) groups is 2. The van der Waals surface area contributed by atoms with Gasteiger partial charge in [0.1, 0.15) is 11.4 Å². The van der Waals surface area contributed by atoms with Crippen molar-refractivity contribution in [3.05, 3.63) is 65.9 Å². The molecule has 2 aliphatic heterocycles. The lowest BCUT2D eigenvalue weighted by Crippen LogP contribution is -2.43. The van der Waals surface area contributed by atoms with E-state index in [1.807, 2.05) is 54.6 Å². The molecule has 0 saturated carbocycles. The first-order valence-corrected chi connectivity index (χ1v) is 10.0. The van der Waals surface area contributed by atoms with E-state index >= 15 is 0 Å². The topological polar surface area (TPSA) is 71.1 Å². The second-order valence-electron chi connectivity index (χ2n) is 7.16. The third-order valence-corrected chi connectivity index (χ3v) is 5.34. The Morgan fingerprint density at radius 1 is 0.933 bits per heavy atom. The van der Waals surface area contributed by atoms with Gasteiger partial charge in [-0.05, 0) is 17.7 Å². The normalized spacial score (nSPS) is 17.6. The van der Waals surface area contributed by atoms with Gasteiger partial charge in [-0.15, -0.1) is 0 Å². The van der Waals surface area contributed by atoms with Crippen LogP contribution in [0.25, 0.3) is 5.57 Å². The van der Waals surface area contributed by atoms with Crippen LogP contribution in [-0.2, 0) is 14.3 Å². The summed E-state index contributed by atoms with van der Waals surface area (Å²) in [4.78, 5) is 30.1. The van der Waals surface area contributed by atoms with E-state index in [1.165, 1.54) is 4.90 Å². The number of hydrogen-bond donors (Lipinski definition) is 1. The first-order valence-electron chi connectivity index (χ1n) is 10.0. The first kappa shape index (κ1) is 20.1. The highest BCUT2D eigenvalue weighted by Crippen LogP contribution is 2.33. The fourth-order valence-corrected chi connectivity index (χ4v) is 3.72. The van der Waals surface area contributed by atoms with E-state index in [4.69, 9.17) is 9.47 Å². The van der Waals surface area contributed by atoms with Crippen molar-refractivity contribution in [3.63, 3.8) is 0 Å². The molecule has 0 unspecified atom stereocenters. The van der Waals surface area contributed by atoms with Gasteiger partial charge in [-0.25, -0.2) is 0 Å². The molecule has 0 aromatic heterocycles. The van der Waals surface area contributed by atoms with Gasteiger partial charge in [0.05, 0.1) is 31.6 Å². The van der Waals surface area contributed by atoms with E-state index in [0.717, 1.165) is 13.1 Å². The molecule has 156 valence electrons. The smallest absolute Gasteiger partial charge is 0.278 e. The number of para-hydroxylation sites is 2. The lowest BCUT2D eigenvalue weighted by Gasteiger charge is -2.28. The van der Waals surface area contributed by atoms with Crippen LogP contribution in [0.2, 0.25) is 0 Å². The number of morpholine rings is 1. The number of rotatable bonds is 7. The quantitative estimate of drug-likeness (QED) is 0.710. The monoisotopic (exact) mass is 407 g/mol. The number of nitrogens with one attached hydrogen (secondary N) is 1. The van der Waals surface area contributed by atoms with Crippen molar-refractivity contribution in [1.29, 1.82) is 0 Å². The summed E-state index contributed by atoms with van der Waals surface area (Å²) in [7, 11) is 1.57. The highest BCUT2D eigenvalue weighted by Gasteiger charge is 2.39. The zero-order valence-electron chi connectivity index (χ0n) is 17.0. The number of carbonyl (C=O) groups excluding carboxylic acids is 2. The molecule has 2 amide bonds. The number of imide groups is 1. The van der Waals surface area contributed by atoms with E-state index in [2.05, 4.69) is 10.2 Å². The van der Waals surface area contributed by atoms with Crippen LogP contribution in [-0.4, -0.2) is 68.1 Å². The van der Waals surface area contributed by atoms with Gasteiger partial charge in [0.25, 0.3) is 11.8 Å². The van der Waals surface area contributed by atoms with Gasteiger partial charge in [-0.1, -0.05) is 42.5 Å². The van der Waals surface area contributed by atoms with Crippen molar-refractivity contribution in [2.75, 3.05) is 51.8 Å². The molecular weight excluding hydrogens is 382 g/mol. The summed E-state index contributed by atoms with van der Waals surface area (Å²) in [5.41, 5.74) is 2.01. The second kappa shape index (κ2) is 9.11. The summed E-state index contributed by atoms with van der Waals surface area (Å²) in [5.74, 6) is -0.000645. The minimum absolute atomic E-state index is 0.276. The van der Waals surface area contributed by atoms with Crippen molar-refractivity contribution in [1.82, 2.24) is 9.80 Å². The summed E-state index contributed by atoms with van der Waals surface area (Å²) in [6.45, 7) is 3.94. The van der Waals surface area contributed by atoms with Gasteiger partial charge in [0, 0.05) is 26.2 Å². The van der Waals surface area contributed by atoms with Crippen LogP contribution >= 0.6 is 0 Å². The lowest BCUT2D eigenvalue weighted by molar-refractivity contribution is -0.137. The van der Waals surface area contributed by atoms with Crippen molar-refractivity contribution < 1.29 is 19.1 Å². The van der Waals surface area contributed by atoms with E-state index in [9.17, 15) is 9.59 Å². The number of anilines is 1. The van der Waals surface area contributed by atoms with Crippen molar-refractivity contribution >= 4 is 23.1 Å². The molecule has 1 saturated heterocycles. The summed E-state index contributed by atoms with van der Waals surface area (Å²) >= 11 is 0. The Kier molecular flexibility index (Phi) is 6.11. The van der Waals surface area contributed by atoms with E-state index in [-0.39, 0.29) is 17.5 Å². The van der Waals surface area contributed by atoms with Crippen molar-refractivity contribution in [3.8, 4) is 5.75 Å². The summed E-state index contributed by atoms with van der Waals surface area (Å²) in [6, 6.07) is 16.6. The molecular formula is C23H25N3O4. The largest absolute Gasteiger partial charge is 0.495 e. The Hall–Kier alpha value is -3.16. The predicted molar refractivity (Wildman–Crippen MR) is 114 cm³/mol. The van der Waals surface area contributed by atoms with E-state index in [0.29, 0.717) is 48.9 Å². The maximum Gasteiger partial charge on any atom is 0.278 e. The fourth-order valence-electron chi connectivity index (χ4n) is 3.72. The molecule has 7 heteroatoms. The number of benzene rings is 2. The highest BCUT2D eigenvalue weighted by molar-refractivity contribution is 6.36. The third-order valence-electron chi connectivity index (χ3n) is 5.34. The number of ether oxygens (including phenoxy) is 2. The van der Waals surface area contributed by atoms with Crippen LogP contribution in [0.15, 0.2) is 60.3 Å². The molecule has 0 spiro atoms. The third kappa shape index (κ3) is 4.08. The molecule has 7 nitrogen and oxygen atoms in total. The van der Waals surface area contributed by atoms with Crippen LogP contribution in [0.1, 0.15) is 5.56 Å². The molecule has 0 radical (unpaired) electrons. The standard InChI is InChI=1S/C23H25N3O4/c1-29-19-10-6-5-9-18(19)24-21-20(17-7-3-2-4-8-17)22(27)26(23(21)28)12-11-25-13-15-30-16-14-25/h2-10,24H,11-16H2,1H3. The molecule has 4 rings (SSSR count). The SMILES string of the molecule is COc1ccccc1NC1=C(c2ccccc2)C(=O)N(CCN2CCOCC2)C1=O. The second-order valence-corrected chi connectivity index (χ2v) is 7.16. The Morgan fingerprint density at radius 3 is 2.37 bits per heavy atom. The average molecular weight is 407 g/mol. The van der Waals surface area contributed by atoms with Gasteiger partial charge in [-0.3, -0.25) is 19.4 Å². The van der Waals surface area contributed by atoms with Crippen molar-refractivity contribution in [2.24, 2.45) is 0 Å². The minimum Gasteiger partial charge on any atom is -0.495 e. The minimum atomic E-state index is -0.321. The van der Waals surface area contributed by atoms with Crippen LogP contribution in [0.3, 0.4) is 0 Å². The van der Waals surface area contributed by atoms with Crippen LogP contribution in [0.4, 0.5) is 5.69 Å². The summed E-state index contributed by atoms with van der Waals surface area (Å²) in [6.07, 6.45) is 0. The molecule has 1 fully saturated rings. The number of methoxy groups -OCH3 is 1. The molecule has 2 aromatic rings. The van der Waals surface area contributed by atoms with Gasteiger partial charge in [0.15, 0.2) is 0 Å². The number of nitrogens with zero attached hydrogens (tertiary/aromatic N) is 2. The van der Waals surface area contributed by atoms with Gasteiger partial charge in [0.2, 0.25) is 0 Å². The highest BCUT2D eigenvalue weighted by atomic mass is 16.5. The van der Waals surface area contributed by atoms with Crippen LogP contribution < -0.4 is 10.1 Å². The zero-order valence-corrected chi connectivity index (χ0v) is 17.0. The Bertz CT molecular complexity index is 952. The number of amides is 2. The zero-order chi connectivity index (χ0) is 20.9. The van der Waals surface area contributed by atoms with E-state index in [1.54, 1.807) is 7.11 Å².